The predicted octanol–water partition coefficient (Wildman–Crippen LogP) is 4.30. The number of nitrogens with one attached hydrogen (secondary N) is 2. The Morgan fingerprint density at radius 2 is 1.80 bits per heavy atom. The maximum absolute atomic E-state index is 11.9. The molecule has 5 heteroatoms. The Kier molecular flexibility index (Phi) is 4.48. The number of para-hydroxylation sites is 1. The highest BCUT2D eigenvalue weighted by Crippen LogP contribution is 2.26. The summed E-state index contributed by atoms with van der Waals surface area (Å²) in [6.45, 7) is 1.93. The largest absolute Gasteiger partial charge is 0.497 e. The van der Waals surface area contributed by atoms with E-state index in [4.69, 9.17) is 16.3 Å². The van der Waals surface area contributed by atoms with Crippen molar-refractivity contribution in [2.24, 2.45) is 0 Å². The number of hydrogen-bond acceptors (Lipinski definition) is 2. The minimum atomic E-state index is -0.341. The zero-order valence-corrected chi connectivity index (χ0v) is 12.0. The van der Waals surface area contributed by atoms with E-state index in [0.717, 1.165) is 11.3 Å². The topological polar surface area (TPSA) is 50.4 Å². The highest BCUT2D eigenvalue weighted by Gasteiger charge is 2.08. The molecule has 20 heavy (non-hydrogen) atoms. The van der Waals surface area contributed by atoms with E-state index >= 15 is 0 Å². The van der Waals surface area contributed by atoms with Crippen LogP contribution in [0, 0.1) is 6.92 Å². The van der Waals surface area contributed by atoms with Crippen LogP contribution in [0.3, 0.4) is 0 Å². The van der Waals surface area contributed by atoms with Crippen LogP contribution in [0.2, 0.25) is 5.02 Å². The minimum absolute atomic E-state index is 0.341. The van der Waals surface area contributed by atoms with Crippen molar-refractivity contribution >= 4 is 29.0 Å². The minimum Gasteiger partial charge on any atom is -0.497 e. The number of anilines is 2. The highest BCUT2D eigenvalue weighted by molar-refractivity contribution is 6.34. The van der Waals surface area contributed by atoms with Crippen LogP contribution in [0.5, 0.6) is 5.75 Å². The van der Waals surface area contributed by atoms with Crippen LogP contribution in [-0.2, 0) is 0 Å². The molecule has 0 aliphatic carbocycles. The Balaban J connectivity index is 2.07. The van der Waals surface area contributed by atoms with Gasteiger partial charge in [-0.2, -0.15) is 0 Å². The fraction of sp³-hybridized carbons (Fsp3) is 0.133. The molecular weight excluding hydrogens is 276 g/mol. The molecule has 2 aromatic carbocycles. The number of halogens is 1. The van der Waals surface area contributed by atoms with Crippen LogP contribution in [0.4, 0.5) is 16.2 Å². The second-order valence-electron chi connectivity index (χ2n) is 4.24. The SMILES string of the molecule is COc1ccc(NC(=O)Nc2ccccc2C)c(Cl)c1. The van der Waals surface area contributed by atoms with Gasteiger partial charge in [0.1, 0.15) is 5.75 Å². The maximum Gasteiger partial charge on any atom is 0.323 e. The van der Waals surface area contributed by atoms with Gasteiger partial charge in [0.2, 0.25) is 0 Å². The van der Waals surface area contributed by atoms with E-state index in [-0.39, 0.29) is 6.03 Å². The standard InChI is InChI=1S/C15H15ClN2O2/c1-10-5-3-4-6-13(10)17-15(19)18-14-8-7-11(20-2)9-12(14)16/h3-9H,1-2H3,(H2,17,18,19). The van der Waals surface area contributed by atoms with Crippen LogP contribution in [0.1, 0.15) is 5.56 Å². The van der Waals surface area contributed by atoms with Gasteiger partial charge in [-0.15, -0.1) is 0 Å². The molecule has 2 amide bonds. The van der Waals surface area contributed by atoms with Crippen molar-refractivity contribution in [1.29, 1.82) is 0 Å². The van der Waals surface area contributed by atoms with E-state index in [2.05, 4.69) is 10.6 Å². The number of benzene rings is 2. The molecule has 0 saturated carbocycles. The summed E-state index contributed by atoms with van der Waals surface area (Å²) in [4.78, 5) is 11.9. The van der Waals surface area contributed by atoms with Crippen molar-refractivity contribution in [1.82, 2.24) is 0 Å². The average Bonchev–Trinajstić information content (AvgIpc) is 2.43. The van der Waals surface area contributed by atoms with Gasteiger partial charge in [-0.1, -0.05) is 29.8 Å². The number of hydrogen-bond donors (Lipinski definition) is 2. The number of carbonyl (C=O) groups excluding carboxylic acids is 1. The van der Waals surface area contributed by atoms with E-state index in [1.165, 1.54) is 0 Å². The molecule has 0 saturated heterocycles. The van der Waals surface area contributed by atoms with Gasteiger partial charge in [-0.3, -0.25) is 0 Å². The first-order valence-electron chi connectivity index (χ1n) is 6.07. The smallest absolute Gasteiger partial charge is 0.323 e. The molecule has 0 aliphatic rings. The maximum atomic E-state index is 11.9. The third kappa shape index (κ3) is 3.42. The predicted molar refractivity (Wildman–Crippen MR) is 81.8 cm³/mol. The zero-order chi connectivity index (χ0) is 14.5. The lowest BCUT2D eigenvalue weighted by molar-refractivity contribution is 0.262. The van der Waals surface area contributed by atoms with Crippen LogP contribution in [-0.4, -0.2) is 13.1 Å². The lowest BCUT2D eigenvalue weighted by Crippen LogP contribution is -2.20. The molecule has 0 bridgehead atoms. The van der Waals surface area contributed by atoms with Gasteiger partial charge < -0.3 is 15.4 Å². The van der Waals surface area contributed by atoms with Gasteiger partial charge in [-0.25, -0.2) is 4.79 Å². The number of carbonyl (C=O) groups is 1. The molecule has 0 unspecified atom stereocenters. The summed E-state index contributed by atoms with van der Waals surface area (Å²) in [7, 11) is 1.56. The van der Waals surface area contributed by atoms with Crippen LogP contribution in [0.15, 0.2) is 42.5 Å². The van der Waals surface area contributed by atoms with Gasteiger partial charge in [0.25, 0.3) is 0 Å². The summed E-state index contributed by atoms with van der Waals surface area (Å²) < 4.78 is 5.05. The molecule has 2 N–H and O–H groups in total. The molecule has 0 radical (unpaired) electrons. The summed E-state index contributed by atoms with van der Waals surface area (Å²) in [6, 6.07) is 12.3. The van der Waals surface area contributed by atoms with Crippen LogP contribution >= 0.6 is 11.6 Å². The Morgan fingerprint density at radius 3 is 2.45 bits per heavy atom. The Bertz CT molecular complexity index is 629. The second kappa shape index (κ2) is 6.30. The summed E-state index contributed by atoms with van der Waals surface area (Å²) in [5.41, 5.74) is 2.27. The molecule has 4 nitrogen and oxygen atoms in total. The van der Waals surface area contributed by atoms with E-state index in [1.54, 1.807) is 25.3 Å². The van der Waals surface area contributed by atoms with E-state index in [9.17, 15) is 4.79 Å². The van der Waals surface area contributed by atoms with Gasteiger partial charge in [-0.05, 0) is 30.7 Å². The molecule has 0 aliphatic heterocycles. The number of methoxy groups -OCH3 is 1. The fourth-order valence-electron chi connectivity index (χ4n) is 1.71. The van der Waals surface area contributed by atoms with Crippen molar-refractivity contribution in [3.63, 3.8) is 0 Å². The van der Waals surface area contributed by atoms with Crippen LogP contribution in [0.25, 0.3) is 0 Å². The Hall–Kier alpha value is -2.20. The monoisotopic (exact) mass is 290 g/mol. The van der Waals surface area contributed by atoms with Gasteiger partial charge in [0.15, 0.2) is 0 Å². The van der Waals surface area contributed by atoms with Crippen molar-refractivity contribution < 1.29 is 9.53 Å². The average molecular weight is 291 g/mol. The molecule has 2 rings (SSSR count). The molecule has 0 heterocycles. The number of urea groups is 1. The van der Waals surface area contributed by atoms with Gasteiger partial charge in [0.05, 0.1) is 17.8 Å². The molecule has 2 aromatic rings. The van der Waals surface area contributed by atoms with E-state index in [0.29, 0.717) is 16.5 Å². The van der Waals surface area contributed by atoms with Crippen molar-refractivity contribution in [3.05, 3.63) is 53.1 Å². The van der Waals surface area contributed by atoms with E-state index < -0.39 is 0 Å². The summed E-state index contributed by atoms with van der Waals surface area (Å²) in [5.74, 6) is 0.639. The lowest BCUT2D eigenvalue weighted by Gasteiger charge is -2.11. The number of aryl methyl sites for hydroxylation is 1. The third-order valence-corrected chi connectivity index (χ3v) is 3.13. The first-order valence-corrected chi connectivity index (χ1v) is 6.45. The number of rotatable bonds is 3. The molecule has 104 valence electrons. The summed E-state index contributed by atoms with van der Waals surface area (Å²) >= 11 is 6.06. The molecule has 0 fully saturated rings. The fourth-order valence-corrected chi connectivity index (χ4v) is 1.93. The van der Waals surface area contributed by atoms with Crippen molar-refractivity contribution in [3.8, 4) is 5.75 Å². The number of amides is 2. The van der Waals surface area contributed by atoms with E-state index in [1.807, 2.05) is 31.2 Å². The van der Waals surface area contributed by atoms with Gasteiger partial charge in [0, 0.05) is 11.8 Å². The van der Waals surface area contributed by atoms with Gasteiger partial charge >= 0.3 is 6.03 Å². The normalized spacial score (nSPS) is 9.95. The molecule has 0 spiro atoms. The summed E-state index contributed by atoms with van der Waals surface area (Å²) in [5, 5.41) is 5.89. The zero-order valence-electron chi connectivity index (χ0n) is 11.2. The Morgan fingerprint density at radius 1 is 1.10 bits per heavy atom. The summed E-state index contributed by atoms with van der Waals surface area (Å²) in [6.07, 6.45) is 0. The quantitative estimate of drug-likeness (QED) is 0.885. The highest BCUT2D eigenvalue weighted by atomic mass is 35.5. The van der Waals surface area contributed by atoms with Crippen LogP contribution < -0.4 is 15.4 Å². The number of ether oxygens (including phenoxy) is 1. The van der Waals surface area contributed by atoms with Crippen molar-refractivity contribution in [2.45, 2.75) is 6.92 Å². The van der Waals surface area contributed by atoms with Crippen molar-refractivity contribution in [2.75, 3.05) is 17.7 Å². The first kappa shape index (κ1) is 14.2. The third-order valence-electron chi connectivity index (χ3n) is 2.82. The molecule has 0 aromatic heterocycles. The molecular formula is C15H15ClN2O2. The first-order chi connectivity index (χ1) is 9.60. The Labute approximate surface area is 122 Å². The second-order valence-corrected chi connectivity index (χ2v) is 4.65. The molecule has 0 atom stereocenters. The lowest BCUT2D eigenvalue weighted by atomic mass is 10.2.